The summed E-state index contributed by atoms with van der Waals surface area (Å²) in [5.74, 6) is 0. The SMILES string of the molecule is CCC(O)CNc1ccccc1S(=O)(=O)NC. The average Bonchev–Trinajstić information content (AvgIpc) is 2.36. The highest BCUT2D eigenvalue weighted by Crippen LogP contribution is 2.20. The Kier molecular flexibility index (Phi) is 4.92. The highest BCUT2D eigenvalue weighted by atomic mass is 32.2. The quantitative estimate of drug-likeness (QED) is 0.704. The first kappa shape index (κ1) is 14.0. The molecule has 1 unspecified atom stereocenters. The second-order valence-electron chi connectivity index (χ2n) is 3.65. The molecule has 0 heterocycles. The smallest absolute Gasteiger partial charge is 0.242 e. The summed E-state index contributed by atoms with van der Waals surface area (Å²) >= 11 is 0. The van der Waals surface area contributed by atoms with E-state index in [0.717, 1.165) is 0 Å². The van der Waals surface area contributed by atoms with Crippen LogP contribution in [0.1, 0.15) is 13.3 Å². The Morgan fingerprint density at radius 1 is 1.35 bits per heavy atom. The van der Waals surface area contributed by atoms with E-state index in [1.54, 1.807) is 18.2 Å². The minimum Gasteiger partial charge on any atom is -0.391 e. The van der Waals surface area contributed by atoms with Crippen LogP contribution in [0.15, 0.2) is 29.2 Å². The van der Waals surface area contributed by atoms with Crippen molar-refractivity contribution in [1.82, 2.24) is 4.72 Å². The summed E-state index contributed by atoms with van der Waals surface area (Å²) < 4.78 is 25.7. The molecule has 0 spiro atoms. The summed E-state index contributed by atoms with van der Waals surface area (Å²) in [7, 11) is -2.11. The fourth-order valence-electron chi connectivity index (χ4n) is 1.33. The largest absolute Gasteiger partial charge is 0.391 e. The first-order valence-electron chi connectivity index (χ1n) is 5.45. The van der Waals surface area contributed by atoms with E-state index in [-0.39, 0.29) is 4.90 Å². The Morgan fingerprint density at radius 3 is 2.59 bits per heavy atom. The van der Waals surface area contributed by atoms with Gasteiger partial charge < -0.3 is 10.4 Å². The van der Waals surface area contributed by atoms with E-state index in [2.05, 4.69) is 10.0 Å². The molecule has 5 nitrogen and oxygen atoms in total. The zero-order valence-corrected chi connectivity index (χ0v) is 10.8. The lowest BCUT2D eigenvalue weighted by Gasteiger charge is -2.14. The predicted molar refractivity (Wildman–Crippen MR) is 67.5 cm³/mol. The van der Waals surface area contributed by atoms with Gasteiger partial charge in [-0.25, -0.2) is 13.1 Å². The highest BCUT2D eigenvalue weighted by Gasteiger charge is 2.15. The van der Waals surface area contributed by atoms with Crippen molar-refractivity contribution in [1.29, 1.82) is 0 Å². The molecule has 0 aliphatic carbocycles. The maximum Gasteiger partial charge on any atom is 0.242 e. The summed E-state index contributed by atoms with van der Waals surface area (Å²) in [6.07, 6.45) is 0.133. The van der Waals surface area contributed by atoms with E-state index in [0.29, 0.717) is 18.7 Å². The number of hydrogen-bond acceptors (Lipinski definition) is 4. The van der Waals surface area contributed by atoms with Crippen molar-refractivity contribution in [2.75, 3.05) is 18.9 Å². The van der Waals surface area contributed by atoms with Gasteiger partial charge in [-0.1, -0.05) is 19.1 Å². The van der Waals surface area contributed by atoms with Gasteiger partial charge in [0, 0.05) is 6.54 Å². The van der Waals surface area contributed by atoms with Crippen molar-refractivity contribution < 1.29 is 13.5 Å². The number of sulfonamides is 1. The van der Waals surface area contributed by atoms with Crippen LogP contribution >= 0.6 is 0 Å². The monoisotopic (exact) mass is 258 g/mol. The number of anilines is 1. The molecule has 1 atom stereocenters. The Bertz CT molecular complexity index is 460. The molecule has 0 saturated carbocycles. The minimum atomic E-state index is -3.48. The van der Waals surface area contributed by atoms with Crippen LogP contribution in [-0.2, 0) is 10.0 Å². The van der Waals surface area contributed by atoms with E-state index in [9.17, 15) is 13.5 Å². The van der Waals surface area contributed by atoms with E-state index < -0.39 is 16.1 Å². The molecule has 1 aromatic carbocycles. The van der Waals surface area contributed by atoms with Gasteiger partial charge in [0.05, 0.1) is 11.8 Å². The van der Waals surface area contributed by atoms with Crippen LogP contribution in [0.5, 0.6) is 0 Å². The molecule has 17 heavy (non-hydrogen) atoms. The second-order valence-corrected chi connectivity index (χ2v) is 5.50. The summed E-state index contributed by atoms with van der Waals surface area (Å²) in [5.41, 5.74) is 0.495. The van der Waals surface area contributed by atoms with E-state index in [4.69, 9.17) is 0 Å². The molecule has 0 aliphatic rings. The number of para-hydroxylation sites is 1. The summed E-state index contributed by atoms with van der Waals surface area (Å²) in [6.45, 7) is 2.19. The van der Waals surface area contributed by atoms with Gasteiger partial charge in [0.2, 0.25) is 10.0 Å². The second kappa shape index (κ2) is 6.00. The molecule has 1 aromatic rings. The van der Waals surface area contributed by atoms with Gasteiger partial charge in [0.15, 0.2) is 0 Å². The van der Waals surface area contributed by atoms with Gasteiger partial charge in [-0.05, 0) is 25.6 Å². The summed E-state index contributed by atoms with van der Waals surface area (Å²) in [5, 5.41) is 12.4. The third kappa shape index (κ3) is 3.69. The molecule has 0 aliphatic heterocycles. The van der Waals surface area contributed by atoms with Crippen LogP contribution in [0.25, 0.3) is 0 Å². The molecular weight excluding hydrogens is 240 g/mol. The van der Waals surface area contributed by atoms with Crippen LogP contribution in [0.2, 0.25) is 0 Å². The highest BCUT2D eigenvalue weighted by molar-refractivity contribution is 7.89. The summed E-state index contributed by atoms with van der Waals surface area (Å²) in [6, 6.07) is 6.60. The Morgan fingerprint density at radius 2 is 2.00 bits per heavy atom. The van der Waals surface area contributed by atoms with E-state index >= 15 is 0 Å². The first-order valence-corrected chi connectivity index (χ1v) is 6.94. The molecular formula is C11H18N2O3S. The molecule has 0 amide bonds. The average molecular weight is 258 g/mol. The zero-order chi connectivity index (χ0) is 12.9. The van der Waals surface area contributed by atoms with Crippen molar-refractivity contribution in [3.05, 3.63) is 24.3 Å². The molecule has 0 bridgehead atoms. The fourth-order valence-corrected chi connectivity index (χ4v) is 2.24. The van der Waals surface area contributed by atoms with Gasteiger partial charge in [-0.2, -0.15) is 0 Å². The number of aliphatic hydroxyl groups excluding tert-OH is 1. The molecule has 0 fully saturated rings. The lowest BCUT2D eigenvalue weighted by molar-refractivity contribution is 0.183. The third-order valence-electron chi connectivity index (χ3n) is 2.44. The molecule has 1 rings (SSSR count). The summed E-state index contributed by atoms with van der Waals surface area (Å²) in [4.78, 5) is 0.186. The predicted octanol–water partition coefficient (Wildman–Crippen LogP) is 0.777. The molecule has 0 aromatic heterocycles. The van der Waals surface area contributed by atoms with E-state index in [1.165, 1.54) is 13.1 Å². The van der Waals surface area contributed by atoms with E-state index in [1.807, 2.05) is 6.92 Å². The number of aliphatic hydroxyl groups is 1. The molecule has 96 valence electrons. The number of rotatable bonds is 6. The van der Waals surface area contributed by atoms with Crippen LogP contribution in [-0.4, -0.2) is 33.2 Å². The van der Waals surface area contributed by atoms with Gasteiger partial charge >= 0.3 is 0 Å². The zero-order valence-electron chi connectivity index (χ0n) is 9.97. The fraction of sp³-hybridized carbons (Fsp3) is 0.455. The van der Waals surface area contributed by atoms with Crippen molar-refractivity contribution >= 4 is 15.7 Å². The molecule has 6 heteroatoms. The molecule has 0 radical (unpaired) electrons. The first-order chi connectivity index (χ1) is 8.01. The van der Waals surface area contributed by atoms with Crippen LogP contribution in [0.3, 0.4) is 0 Å². The number of benzene rings is 1. The van der Waals surface area contributed by atoms with Crippen molar-refractivity contribution in [3.8, 4) is 0 Å². The van der Waals surface area contributed by atoms with Gasteiger partial charge in [-0.3, -0.25) is 0 Å². The van der Waals surface area contributed by atoms with Gasteiger partial charge in [0.1, 0.15) is 4.90 Å². The van der Waals surface area contributed by atoms with Gasteiger partial charge in [0.25, 0.3) is 0 Å². The standard InChI is InChI=1S/C11H18N2O3S/c1-3-9(14)8-13-10-6-4-5-7-11(10)17(15,16)12-2/h4-7,9,12-14H,3,8H2,1-2H3. The Balaban J connectivity index is 2.93. The molecule has 0 saturated heterocycles. The van der Waals surface area contributed by atoms with Crippen molar-refractivity contribution in [3.63, 3.8) is 0 Å². The Hall–Kier alpha value is -1.11. The van der Waals surface area contributed by atoms with Crippen LogP contribution in [0.4, 0.5) is 5.69 Å². The minimum absolute atomic E-state index is 0.186. The maximum atomic E-state index is 11.7. The van der Waals surface area contributed by atoms with Gasteiger partial charge in [-0.15, -0.1) is 0 Å². The Labute approximate surface area is 102 Å². The topological polar surface area (TPSA) is 78.4 Å². The number of nitrogens with one attached hydrogen (secondary N) is 2. The lowest BCUT2D eigenvalue weighted by atomic mass is 10.2. The van der Waals surface area contributed by atoms with Crippen LogP contribution < -0.4 is 10.0 Å². The number of hydrogen-bond donors (Lipinski definition) is 3. The maximum absolute atomic E-state index is 11.7. The van der Waals surface area contributed by atoms with Crippen molar-refractivity contribution in [2.24, 2.45) is 0 Å². The normalized spacial score (nSPS) is 13.4. The lowest BCUT2D eigenvalue weighted by Crippen LogP contribution is -2.23. The van der Waals surface area contributed by atoms with Crippen LogP contribution in [0, 0.1) is 0 Å². The molecule has 3 N–H and O–H groups in total. The van der Waals surface area contributed by atoms with Crippen molar-refractivity contribution in [2.45, 2.75) is 24.3 Å². The third-order valence-corrected chi connectivity index (χ3v) is 3.92.